The quantitative estimate of drug-likeness (QED) is 0.329. The zero-order chi connectivity index (χ0) is 29.7. The number of carbonyl (C=O) groups excluding carboxylic acids is 3. The van der Waals surface area contributed by atoms with E-state index in [1.165, 1.54) is 17.0 Å². The highest BCUT2D eigenvalue weighted by Gasteiger charge is 2.41. The summed E-state index contributed by atoms with van der Waals surface area (Å²) in [5.74, 6) is -1.36. The highest BCUT2D eigenvalue weighted by molar-refractivity contribution is 7.90. The summed E-state index contributed by atoms with van der Waals surface area (Å²) in [4.78, 5) is 41.7. The molecule has 0 radical (unpaired) electrons. The van der Waals surface area contributed by atoms with Crippen LogP contribution in [0.3, 0.4) is 0 Å². The molecule has 1 atom stereocenters. The number of benzene rings is 3. The van der Waals surface area contributed by atoms with Crippen LogP contribution in [0, 0.1) is 5.92 Å². The second-order valence-corrected chi connectivity index (χ2v) is 12.9. The van der Waals surface area contributed by atoms with Crippen molar-refractivity contribution in [2.75, 3.05) is 13.1 Å². The molecule has 3 aromatic carbocycles. The van der Waals surface area contributed by atoms with Gasteiger partial charge in [0, 0.05) is 42.5 Å². The molecule has 1 aliphatic rings. The monoisotopic (exact) mass is 615 g/mol. The van der Waals surface area contributed by atoms with Crippen molar-refractivity contribution in [1.82, 2.24) is 14.5 Å². The van der Waals surface area contributed by atoms with Crippen molar-refractivity contribution in [2.45, 2.75) is 44.2 Å². The summed E-state index contributed by atoms with van der Waals surface area (Å²) in [5.41, 5.74) is 1.47. The van der Waals surface area contributed by atoms with Crippen LogP contribution in [-0.2, 0) is 32.6 Å². The molecule has 0 saturated carbocycles. The van der Waals surface area contributed by atoms with Gasteiger partial charge in [0.15, 0.2) is 0 Å². The van der Waals surface area contributed by atoms with Gasteiger partial charge in [0.05, 0.1) is 5.56 Å². The van der Waals surface area contributed by atoms with Crippen molar-refractivity contribution < 1.29 is 22.8 Å². The molecular formula is C30H31Cl2N3O5S. The maximum absolute atomic E-state index is 13.9. The maximum Gasteiger partial charge on any atom is 0.269 e. The lowest BCUT2D eigenvalue weighted by Crippen LogP contribution is -2.51. The van der Waals surface area contributed by atoms with Gasteiger partial charge >= 0.3 is 0 Å². The second kappa shape index (κ2) is 13.1. The number of carbonyl (C=O) groups is 3. The van der Waals surface area contributed by atoms with Gasteiger partial charge in [-0.1, -0.05) is 85.6 Å². The molecule has 0 aromatic heterocycles. The summed E-state index contributed by atoms with van der Waals surface area (Å²) in [7, 11) is -4.09. The molecule has 0 fully saturated rings. The van der Waals surface area contributed by atoms with Gasteiger partial charge in [0.1, 0.15) is 10.9 Å². The molecule has 0 unspecified atom stereocenters. The average molecular weight is 617 g/mol. The topological polar surface area (TPSA) is 104 Å². The van der Waals surface area contributed by atoms with Crippen LogP contribution in [0.15, 0.2) is 77.7 Å². The van der Waals surface area contributed by atoms with Crippen LogP contribution >= 0.6 is 23.2 Å². The molecule has 1 aliphatic heterocycles. The predicted molar refractivity (Wildman–Crippen MR) is 158 cm³/mol. The number of hydrogen-bond donors (Lipinski definition) is 1. The lowest BCUT2D eigenvalue weighted by atomic mass is 10.0. The van der Waals surface area contributed by atoms with Gasteiger partial charge in [0.2, 0.25) is 11.8 Å². The lowest BCUT2D eigenvalue weighted by molar-refractivity contribution is -0.141. The molecule has 8 nitrogen and oxygen atoms in total. The van der Waals surface area contributed by atoms with E-state index in [0.29, 0.717) is 26.5 Å². The zero-order valence-electron chi connectivity index (χ0n) is 22.7. The van der Waals surface area contributed by atoms with Crippen LogP contribution < -0.4 is 5.32 Å². The third-order valence-electron chi connectivity index (χ3n) is 6.75. The zero-order valence-corrected chi connectivity index (χ0v) is 25.0. The molecule has 3 aromatic rings. The number of halogens is 2. The summed E-state index contributed by atoms with van der Waals surface area (Å²) >= 11 is 12.5. The predicted octanol–water partition coefficient (Wildman–Crippen LogP) is 4.94. The molecule has 0 saturated heterocycles. The Labute approximate surface area is 250 Å². The van der Waals surface area contributed by atoms with Crippen molar-refractivity contribution in [3.05, 3.63) is 99.5 Å². The van der Waals surface area contributed by atoms with Gasteiger partial charge in [-0.05, 0) is 41.3 Å². The Morgan fingerprint density at radius 3 is 2.32 bits per heavy atom. The fourth-order valence-electron chi connectivity index (χ4n) is 4.60. The molecule has 1 N–H and O–H groups in total. The van der Waals surface area contributed by atoms with Crippen LogP contribution in [-0.4, -0.2) is 54.5 Å². The molecule has 0 bridgehead atoms. The van der Waals surface area contributed by atoms with E-state index in [4.69, 9.17) is 23.2 Å². The fraction of sp³-hybridized carbons (Fsp3) is 0.300. The number of fused-ring (bicyclic) bond motifs is 1. The summed E-state index contributed by atoms with van der Waals surface area (Å²) in [6.45, 7) is 3.95. The molecule has 0 aliphatic carbocycles. The summed E-state index contributed by atoms with van der Waals surface area (Å²) in [5, 5.41) is 3.67. The molecule has 41 heavy (non-hydrogen) atoms. The van der Waals surface area contributed by atoms with E-state index in [2.05, 4.69) is 5.32 Å². The van der Waals surface area contributed by atoms with Gasteiger partial charge in [0.25, 0.3) is 15.9 Å². The Morgan fingerprint density at radius 2 is 1.66 bits per heavy atom. The first-order chi connectivity index (χ1) is 19.5. The highest BCUT2D eigenvalue weighted by atomic mass is 35.5. The van der Waals surface area contributed by atoms with E-state index < -0.39 is 27.9 Å². The molecule has 1 heterocycles. The summed E-state index contributed by atoms with van der Waals surface area (Å²) in [6, 6.07) is 19.2. The first kappa shape index (κ1) is 30.6. The minimum Gasteiger partial charge on any atom is -0.354 e. The SMILES string of the molecule is CC(C)CNC(=O)[C@@H](Cc1ccccc1)N(Cc1ccc(Cl)cc1Cl)C(=O)CCN1C(=O)c2ccccc2S1(=O)=O. The van der Waals surface area contributed by atoms with Gasteiger partial charge in [-0.25, -0.2) is 12.7 Å². The van der Waals surface area contributed by atoms with Gasteiger partial charge in [-0.2, -0.15) is 0 Å². The third kappa shape index (κ3) is 7.09. The third-order valence-corrected chi connectivity index (χ3v) is 9.18. The highest BCUT2D eigenvalue weighted by Crippen LogP contribution is 2.30. The Morgan fingerprint density at radius 1 is 0.976 bits per heavy atom. The van der Waals surface area contributed by atoms with Crippen molar-refractivity contribution >= 4 is 50.9 Å². The summed E-state index contributed by atoms with van der Waals surface area (Å²) in [6.07, 6.45) is -0.110. The van der Waals surface area contributed by atoms with Crippen molar-refractivity contribution in [1.29, 1.82) is 0 Å². The van der Waals surface area contributed by atoms with E-state index in [1.807, 2.05) is 44.2 Å². The number of amides is 3. The van der Waals surface area contributed by atoms with E-state index in [-0.39, 0.29) is 48.2 Å². The number of nitrogens with zero attached hydrogens (tertiary/aromatic N) is 2. The van der Waals surface area contributed by atoms with Crippen LogP contribution in [0.1, 0.15) is 41.8 Å². The number of hydrogen-bond acceptors (Lipinski definition) is 5. The average Bonchev–Trinajstić information content (AvgIpc) is 3.14. The first-order valence-corrected chi connectivity index (χ1v) is 15.4. The number of rotatable bonds is 11. The van der Waals surface area contributed by atoms with E-state index in [9.17, 15) is 22.8 Å². The molecular weight excluding hydrogens is 585 g/mol. The van der Waals surface area contributed by atoms with Crippen LogP contribution in [0.2, 0.25) is 10.0 Å². The van der Waals surface area contributed by atoms with E-state index in [0.717, 1.165) is 5.56 Å². The molecule has 11 heteroatoms. The van der Waals surface area contributed by atoms with Crippen molar-refractivity contribution in [3.8, 4) is 0 Å². The van der Waals surface area contributed by atoms with E-state index >= 15 is 0 Å². The van der Waals surface area contributed by atoms with E-state index in [1.54, 1.807) is 30.3 Å². The van der Waals surface area contributed by atoms with Crippen molar-refractivity contribution in [2.24, 2.45) is 5.92 Å². The minimum absolute atomic E-state index is 0.0254. The maximum atomic E-state index is 13.9. The van der Waals surface area contributed by atoms with Gasteiger partial charge in [-0.15, -0.1) is 0 Å². The molecule has 216 valence electrons. The largest absolute Gasteiger partial charge is 0.354 e. The Kier molecular flexibility index (Phi) is 9.73. The standard InChI is InChI=1S/C30H31Cl2N3O5S/c1-20(2)18-33-29(37)26(16-21-8-4-3-5-9-21)34(19-22-12-13-23(31)17-25(22)32)28(36)14-15-35-30(38)24-10-6-7-11-27(24)41(35,39)40/h3-13,17,20,26H,14-16,18-19H2,1-2H3,(H,33,37)/t26-/m1/s1. The normalized spacial score (nSPS) is 14.6. The Bertz CT molecular complexity index is 1550. The Hall–Kier alpha value is -3.40. The minimum atomic E-state index is -4.09. The lowest BCUT2D eigenvalue weighted by Gasteiger charge is -2.32. The van der Waals surface area contributed by atoms with Gasteiger partial charge in [-0.3, -0.25) is 14.4 Å². The Balaban J connectivity index is 1.65. The van der Waals surface area contributed by atoms with Crippen molar-refractivity contribution in [3.63, 3.8) is 0 Å². The van der Waals surface area contributed by atoms with Gasteiger partial charge < -0.3 is 10.2 Å². The summed E-state index contributed by atoms with van der Waals surface area (Å²) < 4.78 is 26.8. The van der Waals surface area contributed by atoms with Crippen LogP contribution in [0.25, 0.3) is 0 Å². The molecule has 4 rings (SSSR count). The molecule has 3 amide bonds. The smallest absolute Gasteiger partial charge is 0.269 e. The van der Waals surface area contributed by atoms with Crippen LogP contribution in [0.4, 0.5) is 0 Å². The van der Waals surface area contributed by atoms with Crippen LogP contribution in [0.5, 0.6) is 0 Å². The number of sulfonamides is 1. The first-order valence-electron chi connectivity index (χ1n) is 13.2. The molecule has 0 spiro atoms. The fourth-order valence-corrected chi connectivity index (χ4v) is 6.64. The number of nitrogens with one attached hydrogen (secondary N) is 1. The second-order valence-electron chi connectivity index (χ2n) is 10.2.